The van der Waals surface area contributed by atoms with Crippen molar-refractivity contribution in [2.45, 2.75) is 19.3 Å². The predicted molar refractivity (Wildman–Crippen MR) is 68.6 cm³/mol. The molecule has 0 saturated heterocycles. The van der Waals surface area contributed by atoms with Crippen LogP contribution in [0.1, 0.15) is 19.3 Å². The molecule has 0 spiro atoms. The number of methoxy groups -OCH3 is 1. The number of rotatable bonds is 5. The van der Waals surface area contributed by atoms with Gasteiger partial charge in [-0.15, -0.1) is 11.6 Å². The number of hydrogen-bond acceptors (Lipinski definition) is 4. The minimum atomic E-state index is 0.537. The standard InChI is InChI=1S/C12H18ClN3O/c1-17-12-8-14-7-11(16-12)15-6-10-4-2-3-9(10)5-13/h7-10H,2-6H2,1H3,(H,15,16). The van der Waals surface area contributed by atoms with E-state index in [2.05, 4.69) is 15.3 Å². The minimum Gasteiger partial charge on any atom is -0.480 e. The van der Waals surface area contributed by atoms with E-state index in [4.69, 9.17) is 16.3 Å². The molecule has 0 amide bonds. The molecule has 1 saturated carbocycles. The first-order chi connectivity index (χ1) is 8.33. The molecule has 5 heteroatoms. The van der Waals surface area contributed by atoms with E-state index < -0.39 is 0 Å². The van der Waals surface area contributed by atoms with Gasteiger partial charge in [-0.3, -0.25) is 4.98 Å². The second-order valence-corrected chi connectivity index (χ2v) is 4.74. The van der Waals surface area contributed by atoms with Crippen molar-refractivity contribution in [3.05, 3.63) is 12.4 Å². The second kappa shape index (κ2) is 6.05. The van der Waals surface area contributed by atoms with Gasteiger partial charge in [-0.1, -0.05) is 6.42 Å². The summed E-state index contributed by atoms with van der Waals surface area (Å²) >= 11 is 5.96. The number of nitrogens with one attached hydrogen (secondary N) is 1. The third-order valence-electron chi connectivity index (χ3n) is 3.38. The van der Waals surface area contributed by atoms with Gasteiger partial charge in [-0.05, 0) is 24.7 Å². The molecule has 1 fully saturated rings. The summed E-state index contributed by atoms with van der Waals surface area (Å²) in [4.78, 5) is 8.34. The number of nitrogens with zero attached hydrogens (tertiary/aromatic N) is 2. The Kier molecular flexibility index (Phi) is 4.42. The lowest BCUT2D eigenvalue weighted by Crippen LogP contribution is -2.19. The van der Waals surface area contributed by atoms with Gasteiger partial charge in [0.05, 0.1) is 19.5 Å². The van der Waals surface area contributed by atoms with E-state index in [1.165, 1.54) is 19.3 Å². The summed E-state index contributed by atoms with van der Waals surface area (Å²) in [5.74, 6) is 3.36. The van der Waals surface area contributed by atoms with Crippen LogP contribution in [0.4, 0.5) is 5.82 Å². The van der Waals surface area contributed by atoms with Crippen LogP contribution in [0.2, 0.25) is 0 Å². The van der Waals surface area contributed by atoms with Crippen molar-refractivity contribution in [2.75, 3.05) is 24.9 Å². The first-order valence-electron chi connectivity index (χ1n) is 5.99. The predicted octanol–water partition coefficient (Wildman–Crippen LogP) is 2.55. The molecule has 4 nitrogen and oxygen atoms in total. The highest BCUT2D eigenvalue weighted by Crippen LogP contribution is 2.32. The molecular formula is C12H18ClN3O. The number of hydrogen-bond donors (Lipinski definition) is 1. The van der Waals surface area contributed by atoms with Crippen molar-refractivity contribution in [2.24, 2.45) is 11.8 Å². The third-order valence-corrected chi connectivity index (χ3v) is 3.78. The fraction of sp³-hybridized carbons (Fsp3) is 0.667. The minimum absolute atomic E-state index is 0.537. The van der Waals surface area contributed by atoms with E-state index in [-0.39, 0.29) is 0 Å². The summed E-state index contributed by atoms with van der Waals surface area (Å²) in [6, 6.07) is 0. The average Bonchev–Trinajstić information content (AvgIpc) is 2.84. The van der Waals surface area contributed by atoms with E-state index in [0.717, 1.165) is 18.2 Å². The molecule has 94 valence electrons. The molecule has 1 aromatic heterocycles. The normalized spacial score (nSPS) is 23.6. The molecule has 2 atom stereocenters. The van der Waals surface area contributed by atoms with Gasteiger partial charge >= 0.3 is 0 Å². The Balaban J connectivity index is 1.88. The van der Waals surface area contributed by atoms with Crippen molar-refractivity contribution < 1.29 is 4.74 Å². The number of ether oxygens (including phenoxy) is 1. The van der Waals surface area contributed by atoms with Gasteiger partial charge in [0.15, 0.2) is 0 Å². The molecule has 0 radical (unpaired) electrons. The number of aromatic nitrogens is 2. The Morgan fingerprint density at radius 1 is 1.41 bits per heavy atom. The van der Waals surface area contributed by atoms with Gasteiger partial charge < -0.3 is 10.1 Å². The summed E-state index contributed by atoms with van der Waals surface area (Å²) in [6.07, 6.45) is 7.10. The van der Waals surface area contributed by atoms with Crippen LogP contribution < -0.4 is 10.1 Å². The first-order valence-corrected chi connectivity index (χ1v) is 6.52. The Morgan fingerprint density at radius 3 is 3.00 bits per heavy atom. The SMILES string of the molecule is COc1cncc(NCC2CCCC2CCl)n1. The Bertz CT molecular complexity index is 361. The van der Waals surface area contributed by atoms with E-state index in [1.54, 1.807) is 19.5 Å². The fourth-order valence-corrected chi connectivity index (χ4v) is 2.76. The Morgan fingerprint density at radius 2 is 2.24 bits per heavy atom. The molecule has 17 heavy (non-hydrogen) atoms. The van der Waals surface area contributed by atoms with Gasteiger partial charge in [-0.2, -0.15) is 4.98 Å². The third kappa shape index (κ3) is 3.22. The molecule has 1 N–H and O–H groups in total. The fourth-order valence-electron chi connectivity index (χ4n) is 2.35. The molecule has 0 bridgehead atoms. The quantitative estimate of drug-likeness (QED) is 0.822. The van der Waals surface area contributed by atoms with E-state index in [0.29, 0.717) is 17.7 Å². The zero-order chi connectivity index (χ0) is 12.1. The zero-order valence-electron chi connectivity index (χ0n) is 10.0. The van der Waals surface area contributed by atoms with Crippen LogP contribution >= 0.6 is 11.6 Å². The second-order valence-electron chi connectivity index (χ2n) is 4.43. The summed E-state index contributed by atoms with van der Waals surface area (Å²) < 4.78 is 5.03. The lowest BCUT2D eigenvalue weighted by Gasteiger charge is -2.17. The van der Waals surface area contributed by atoms with Gasteiger partial charge in [0.25, 0.3) is 0 Å². The van der Waals surface area contributed by atoms with Gasteiger partial charge in [0, 0.05) is 12.4 Å². The lowest BCUT2D eigenvalue weighted by molar-refractivity contribution is 0.395. The molecule has 1 heterocycles. The molecule has 2 unspecified atom stereocenters. The maximum absolute atomic E-state index is 5.96. The van der Waals surface area contributed by atoms with E-state index >= 15 is 0 Å². The molecular weight excluding hydrogens is 238 g/mol. The summed E-state index contributed by atoms with van der Waals surface area (Å²) in [7, 11) is 1.59. The largest absolute Gasteiger partial charge is 0.480 e. The monoisotopic (exact) mass is 255 g/mol. The van der Waals surface area contributed by atoms with Gasteiger partial charge in [0.1, 0.15) is 5.82 Å². The topological polar surface area (TPSA) is 47.0 Å². The summed E-state index contributed by atoms with van der Waals surface area (Å²) in [5, 5.41) is 3.31. The van der Waals surface area contributed by atoms with E-state index in [1.807, 2.05) is 0 Å². The molecule has 1 aromatic rings. The van der Waals surface area contributed by atoms with Crippen LogP contribution in [-0.4, -0.2) is 29.5 Å². The number of halogens is 1. The van der Waals surface area contributed by atoms with Gasteiger partial charge in [0.2, 0.25) is 5.88 Å². The van der Waals surface area contributed by atoms with Crippen molar-refractivity contribution in [1.82, 2.24) is 9.97 Å². The van der Waals surface area contributed by atoms with E-state index in [9.17, 15) is 0 Å². The lowest BCUT2D eigenvalue weighted by atomic mass is 9.98. The van der Waals surface area contributed by atoms with Crippen LogP contribution in [0.3, 0.4) is 0 Å². The van der Waals surface area contributed by atoms with Crippen molar-refractivity contribution in [3.63, 3.8) is 0 Å². The van der Waals surface area contributed by atoms with Crippen LogP contribution in [0.5, 0.6) is 5.88 Å². The summed E-state index contributed by atoms with van der Waals surface area (Å²) in [6.45, 7) is 0.916. The highest BCUT2D eigenvalue weighted by atomic mass is 35.5. The van der Waals surface area contributed by atoms with Crippen LogP contribution in [0.15, 0.2) is 12.4 Å². The maximum atomic E-state index is 5.96. The smallest absolute Gasteiger partial charge is 0.233 e. The first kappa shape index (κ1) is 12.4. The van der Waals surface area contributed by atoms with Crippen LogP contribution in [0.25, 0.3) is 0 Å². The average molecular weight is 256 g/mol. The summed E-state index contributed by atoms with van der Waals surface area (Å²) in [5.41, 5.74) is 0. The Labute approximate surface area is 107 Å². The van der Waals surface area contributed by atoms with Crippen LogP contribution in [-0.2, 0) is 0 Å². The number of alkyl halides is 1. The highest BCUT2D eigenvalue weighted by molar-refractivity contribution is 6.18. The van der Waals surface area contributed by atoms with Gasteiger partial charge in [-0.25, -0.2) is 0 Å². The molecule has 2 rings (SSSR count). The maximum Gasteiger partial charge on any atom is 0.233 e. The molecule has 0 aromatic carbocycles. The van der Waals surface area contributed by atoms with Crippen molar-refractivity contribution in [1.29, 1.82) is 0 Å². The molecule has 1 aliphatic carbocycles. The Hall–Kier alpha value is -1.03. The zero-order valence-corrected chi connectivity index (χ0v) is 10.8. The van der Waals surface area contributed by atoms with Crippen molar-refractivity contribution >= 4 is 17.4 Å². The molecule has 0 aliphatic heterocycles. The number of anilines is 1. The van der Waals surface area contributed by atoms with Crippen LogP contribution in [0, 0.1) is 11.8 Å². The van der Waals surface area contributed by atoms with Crippen molar-refractivity contribution in [3.8, 4) is 5.88 Å². The molecule has 1 aliphatic rings. The highest BCUT2D eigenvalue weighted by Gasteiger charge is 2.26.